The van der Waals surface area contributed by atoms with Gasteiger partial charge in [0.15, 0.2) is 5.11 Å². The third kappa shape index (κ3) is 4.72. The van der Waals surface area contributed by atoms with Crippen molar-refractivity contribution in [3.05, 3.63) is 77.1 Å². The maximum absolute atomic E-state index is 13.3. The van der Waals surface area contributed by atoms with Crippen molar-refractivity contribution in [2.75, 3.05) is 18.1 Å². The Bertz CT molecular complexity index is 1300. The molecule has 0 unspecified atom stereocenters. The molecule has 0 atom stereocenters. The van der Waals surface area contributed by atoms with Gasteiger partial charge in [-0.25, -0.2) is 0 Å². The van der Waals surface area contributed by atoms with Gasteiger partial charge in [0.2, 0.25) is 0 Å². The summed E-state index contributed by atoms with van der Waals surface area (Å²) in [5, 5.41) is 9.99. The van der Waals surface area contributed by atoms with Crippen LogP contribution in [-0.2, 0) is 4.79 Å². The van der Waals surface area contributed by atoms with E-state index in [-0.39, 0.29) is 5.91 Å². The zero-order valence-corrected chi connectivity index (χ0v) is 21.4. The van der Waals surface area contributed by atoms with Crippen molar-refractivity contribution < 1.29 is 9.53 Å². The number of pyridine rings is 1. The number of nitrogens with zero attached hydrogens (tertiary/aromatic N) is 4. The molecule has 1 aliphatic rings. The van der Waals surface area contributed by atoms with Gasteiger partial charge in [0.05, 0.1) is 22.9 Å². The molecular weight excluding hydrogens is 480 g/mol. The number of nitriles is 1. The number of thiocarbonyl (C=S) groups is 1. The van der Waals surface area contributed by atoms with Crippen molar-refractivity contribution in [3.63, 3.8) is 0 Å². The average Bonchev–Trinajstić information content (AvgIpc) is 3.03. The zero-order valence-electron chi connectivity index (χ0n) is 19.8. The van der Waals surface area contributed by atoms with Gasteiger partial charge >= 0.3 is 0 Å². The first-order valence-corrected chi connectivity index (χ1v) is 12.0. The predicted molar refractivity (Wildman–Crippen MR) is 142 cm³/mol. The van der Waals surface area contributed by atoms with E-state index in [0.717, 1.165) is 16.9 Å². The van der Waals surface area contributed by atoms with Gasteiger partial charge in [-0.15, -0.1) is 0 Å². The Labute approximate surface area is 215 Å². The van der Waals surface area contributed by atoms with Gasteiger partial charge in [-0.2, -0.15) is 5.26 Å². The number of benzene rings is 2. The first-order valence-electron chi connectivity index (χ1n) is 11.2. The molecule has 1 saturated heterocycles. The molecule has 0 spiro atoms. The summed E-state index contributed by atoms with van der Waals surface area (Å²) >= 11 is 12.1. The van der Waals surface area contributed by atoms with Gasteiger partial charge in [0.1, 0.15) is 17.4 Å². The van der Waals surface area contributed by atoms with Gasteiger partial charge in [0, 0.05) is 18.9 Å². The van der Waals surface area contributed by atoms with Crippen LogP contribution in [0.25, 0.3) is 11.1 Å². The van der Waals surface area contributed by atoms with E-state index in [9.17, 15) is 10.1 Å². The highest BCUT2D eigenvalue weighted by atomic mass is 35.5. The van der Waals surface area contributed by atoms with E-state index in [1.54, 1.807) is 25.3 Å². The molecule has 1 aromatic heterocycles. The van der Waals surface area contributed by atoms with E-state index in [2.05, 4.69) is 11.1 Å². The van der Waals surface area contributed by atoms with E-state index in [1.165, 1.54) is 4.90 Å². The van der Waals surface area contributed by atoms with Crippen LogP contribution in [0.1, 0.15) is 31.4 Å². The van der Waals surface area contributed by atoms with Gasteiger partial charge in [-0.3, -0.25) is 14.7 Å². The van der Waals surface area contributed by atoms with Gasteiger partial charge in [-0.05, 0) is 86.4 Å². The van der Waals surface area contributed by atoms with Crippen molar-refractivity contribution in [2.45, 2.75) is 32.7 Å². The molecular formula is C27H25ClN4O2S. The first-order chi connectivity index (χ1) is 16.8. The number of amides is 1. The SMILES string of the molecule is Cc1c(N2C(=O)C(C)(C)N(CCCOc3ccc(-c4cccnc4)cc3)C2=S)ccc(C#N)c1Cl. The van der Waals surface area contributed by atoms with E-state index >= 15 is 0 Å². The summed E-state index contributed by atoms with van der Waals surface area (Å²) in [6, 6.07) is 17.2. The lowest BCUT2D eigenvalue weighted by Gasteiger charge is -2.29. The maximum atomic E-state index is 13.3. The van der Waals surface area contributed by atoms with E-state index < -0.39 is 5.54 Å². The van der Waals surface area contributed by atoms with Crippen molar-refractivity contribution >= 4 is 40.5 Å². The monoisotopic (exact) mass is 504 g/mol. The number of halogens is 1. The van der Waals surface area contributed by atoms with Crippen LogP contribution in [0.2, 0.25) is 5.02 Å². The van der Waals surface area contributed by atoms with Gasteiger partial charge in [0.25, 0.3) is 5.91 Å². The van der Waals surface area contributed by atoms with Crippen LogP contribution < -0.4 is 9.64 Å². The average molecular weight is 505 g/mol. The molecule has 6 nitrogen and oxygen atoms in total. The van der Waals surface area contributed by atoms with Crippen LogP contribution >= 0.6 is 23.8 Å². The fourth-order valence-electron chi connectivity index (χ4n) is 4.12. The molecule has 0 bridgehead atoms. The zero-order chi connectivity index (χ0) is 25.2. The topological polar surface area (TPSA) is 69.5 Å². The number of rotatable bonds is 7. The summed E-state index contributed by atoms with van der Waals surface area (Å²) in [7, 11) is 0. The van der Waals surface area contributed by atoms with Crippen LogP contribution in [-0.4, -0.2) is 39.6 Å². The molecule has 1 aliphatic heterocycles. The van der Waals surface area contributed by atoms with Crippen molar-refractivity contribution in [1.29, 1.82) is 5.26 Å². The third-order valence-electron chi connectivity index (χ3n) is 6.19. The molecule has 35 heavy (non-hydrogen) atoms. The fourth-order valence-corrected chi connectivity index (χ4v) is 4.82. The van der Waals surface area contributed by atoms with Crippen LogP contribution in [0.5, 0.6) is 5.75 Å². The molecule has 0 aliphatic carbocycles. The van der Waals surface area contributed by atoms with Gasteiger partial charge in [-0.1, -0.05) is 29.8 Å². The molecule has 3 aromatic rings. The molecule has 2 aromatic carbocycles. The van der Waals surface area contributed by atoms with Crippen molar-refractivity contribution in [3.8, 4) is 22.9 Å². The number of anilines is 1. The fraction of sp³-hybridized carbons (Fsp3) is 0.259. The Balaban J connectivity index is 1.40. The normalized spacial score (nSPS) is 14.8. The largest absolute Gasteiger partial charge is 0.494 e. The quantitative estimate of drug-likeness (QED) is 0.301. The molecule has 1 amide bonds. The summed E-state index contributed by atoms with van der Waals surface area (Å²) in [5.74, 6) is 0.653. The van der Waals surface area contributed by atoms with Crippen LogP contribution in [0.3, 0.4) is 0 Å². The summed E-state index contributed by atoms with van der Waals surface area (Å²) in [6.45, 7) is 6.56. The number of carbonyl (C=O) groups is 1. The Morgan fingerprint density at radius 3 is 2.54 bits per heavy atom. The second-order valence-corrected chi connectivity index (χ2v) is 9.53. The number of aromatic nitrogens is 1. The highest BCUT2D eigenvalue weighted by Crippen LogP contribution is 2.37. The molecule has 1 fully saturated rings. The Kier molecular flexibility index (Phi) is 7.06. The Morgan fingerprint density at radius 1 is 1.14 bits per heavy atom. The van der Waals surface area contributed by atoms with E-state index in [0.29, 0.717) is 46.5 Å². The summed E-state index contributed by atoms with van der Waals surface area (Å²) in [4.78, 5) is 20.9. The number of hydrogen-bond acceptors (Lipinski definition) is 5. The highest BCUT2D eigenvalue weighted by molar-refractivity contribution is 7.80. The lowest BCUT2D eigenvalue weighted by Crippen LogP contribution is -2.44. The minimum Gasteiger partial charge on any atom is -0.494 e. The van der Waals surface area contributed by atoms with Crippen molar-refractivity contribution in [1.82, 2.24) is 9.88 Å². The molecule has 0 saturated carbocycles. The van der Waals surface area contributed by atoms with E-state index in [1.807, 2.05) is 61.3 Å². The lowest BCUT2D eigenvalue weighted by molar-refractivity contribution is -0.123. The predicted octanol–water partition coefficient (Wildman–Crippen LogP) is 5.76. The number of ether oxygens (including phenoxy) is 1. The van der Waals surface area contributed by atoms with Gasteiger partial charge < -0.3 is 9.64 Å². The number of hydrogen-bond donors (Lipinski definition) is 0. The smallest absolute Gasteiger partial charge is 0.258 e. The highest BCUT2D eigenvalue weighted by Gasteiger charge is 2.49. The second-order valence-electron chi connectivity index (χ2n) is 8.78. The molecule has 8 heteroatoms. The third-order valence-corrected chi connectivity index (χ3v) is 7.08. The molecule has 4 rings (SSSR count). The van der Waals surface area contributed by atoms with Crippen molar-refractivity contribution in [2.24, 2.45) is 0 Å². The number of carbonyl (C=O) groups excluding carboxylic acids is 1. The standard InChI is InChI=1S/C27H25ClN4O2S/c1-18-23(12-9-20(16-29)24(18)28)32-25(33)27(2,3)31(26(32)35)14-5-15-34-22-10-7-19(8-11-22)21-6-4-13-30-17-21/h4,6-13,17H,5,14-15H2,1-3H3. The minimum atomic E-state index is -0.810. The first kappa shape index (κ1) is 24.6. The van der Waals surface area contributed by atoms with Crippen LogP contribution in [0.15, 0.2) is 60.9 Å². The minimum absolute atomic E-state index is 0.127. The molecule has 0 radical (unpaired) electrons. The summed E-state index contributed by atoms with van der Waals surface area (Å²) in [5.41, 5.74) is 2.94. The Morgan fingerprint density at radius 2 is 1.89 bits per heavy atom. The maximum Gasteiger partial charge on any atom is 0.258 e. The van der Waals surface area contributed by atoms with Crippen LogP contribution in [0.4, 0.5) is 5.69 Å². The second kappa shape index (κ2) is 10.0. The summed E-state index contributed by atoms with van der Waals surface area (Å²) < 4.78 is 5.93. The van der Waals surface area contributed by atoms with E-state index in [4.69, 9.17) is 28.6 Å². The Hall–Kier alpha value is -3.47. The molecule has 2 heterocycles. The lowest BCUT2D eigenvalue weighted by atomic mass is 10.0. The molecule has 178 valence electrons. The molecule has 0 N–H and O–H groups in total. The summed E-state index contributed by atoms with van der Waals surface area (Å²) in [6.07, 6.45) is 4.26. The van der Waals surface area contributed by atoms with Crippen LogP contribution in [0, 0.1) is 18.3 Å².